The van der Waals surface area contributed by atoms with E-state index in [1.807, 2.05) is 0 Å². The molecule has 290 valence electrons. The molecule has 19 atom stereocenters. The summed E-state index contributed by atoms with van der Waals surface area (Å²) >= 11 is 0. The zero-order chi connectivity index (χ0) is 37.0. The lowest BCUT2D eigenvalue weighted by Crippen LogP contribution is -2.66. The summed E-state index contributed by atoms with van der Waals surface area (Å²) < 4.78 is 40.1. The van der Waals surface area contributed by atoms with Crippen LogP contribution in [-0.2, 0) is 42.7 Å². The van der Waals surface area contributed by atoms with Gasteiger partial charge in [0.05, 0.1) is 50.7 Å². The van der Waals surface area contributed by atoms with E-state index in [-0.39, 0.29) is 6.42 Å². The lowest BCUT2D eigenvalue weighted by atomic mass is 9.92. The van der Waals surface area contributed by atoms with Gasteiger partial charge in [-0.05, 0) is 6.92 Å². The largest absolute Gasteiger partial charge is 0.394 e. The zero-order valence-electron chi connectivity index (χ0n) is 27.7. The number of hydrogen-bond acceptors (Lipinski definition) is 19. The van der Waals surface area contributed by atoms with E-state index in [0.29, 0.717) is 0 Å². The first kappa shape index (κ1) is 41.0. The predicted octanol–water partition coefficient (Wildman–Crippen LogP) is -7.36. The van der Waals surface area contributed by atoms with Crippen LogP contribution in [0.4, 0.5) is 0 Å². The van der Waals surface area contributed by atoms with Crippen molar-refractivity contribution in [2.45, 2.75) is 144 Å². The van der Waals surface area contributed by atoms with E-state index < -0.39 is 155 Å². The van der Waals surface area contributed by atoms with Crippen molar-refractivity contribution in [2.75, 3.05) is 26.4 Å². The molecule has 0 aromatic rings. The molecule has 0 spiro atoms. The van der Waals surface area contributed by atoms with Crippen LogP contribution < -0.4 is 10.6 Å². The molecule has 0 radical (unpaired) electrons. The Hall–Kier alpha value is -1.74. The average Bonchev–Trinajstić information content (AvgIpc) is 3.07. The summed E-state index contributed by atoms with van der Waals surface area (Å²) in [7, 11) is 0. The molecule has 4 heterocycles. The third-order valence-corrected chi connectivity index (χ3v) is 9.16. The Morgan fingerprint density at radius 3 is 1.74 bits per heavy atom. The second-order valence-corrected chi connectivity index (χ2v) is 12.9. The first-order valence-electron chi connectivity index (χ1n) is 16.3. The minimum atomic E-state index is -1.86. The fourth-order valence-electron chi connectivity index (χ4n) is 6.47. The maximum atomic E-state index is 12.2. The number of nitrogens with one attached hydrogen (secondary N) is 2. The lowest BCUT2D eigenvalue weighted by molar-refractivity contribution is -0.352. The number of hydrogen-bond donors (Lipinski definition) is 12. The Morgan fingerprint density at radius 1 is 0.620 bits per heavy atom. The first-order valence-corrected chi connectivity index (χ1v) is 16.3. The monoisotopic (exact) mass is 730 g/mol. The van der Waals surface area contributed by atoms with Crippen molar-refractivity contribution in [3.8, 4) is 0 Å². The highest BCUT2D eigenvalue weighted by molar-refractivity contribution is 5.73. The summed E-state index contributed by atoms with van der Waals surface area (Å²) in [4.78, 5) is 24.0. The first-order chi connectivity index (χ1) is 23.6. The maximum absolute atomic E-state index is 12.2. The quantitative estimate of drug-likeness (QED) is 0.0887. The Kier molecular flexibility index (Phi) is 14.6. The average molecular weight is 731 g/mol. The van der Waals surface area contributed by atoms with Gasteiger partial charge >= 0.3 is 0 Å². The van der Waals surface area contributed by atoms with E-state index in [2.05, 4.69) is 10.6 Å². The van der Waals surface area contributed by atoms with Crippen molar-refractivity contribution < 1.29 is 93.8 Å². The summed E-state index contributed by atoms with van der Waals surface area (Å²) in [6.45, 7) is 1.43. The molecule has 0 aromatic heterocycles. The summed E-state index contributed by atoms with van der Waals surface area (Å²) in [5.74, 6) is -0.987. The van der Waals surface area contributed by atoms with Gasteiger partial charge in [0.25, 0.3) is 0 Å². The summed E-state index contributed by atoms with van der Waals surface area (Å²) in [6.07, 6.45) is -25.0. The van der Waals surface area contributed by atoms with Crippen molar-refractivity contribution in [3.63, 3.8) is 0 Å². The standard InChI is InChI=1S/C29H50N2O19/c1-9-18(31-11(3)36)21(39)26(16(7-34)45-9)50-27-12(30-10(2)35)4-13(14(5-32)47-27)46-29-25(43)23(41)20(38)17(49-29)8-44-28-24(42)22(40)19(37)15(6-33)48-28/h9,12-29,32-34,37-43H,4-8H2,1-3H3,(H,30,35)(H,31,36)/t9-,12?,13-,14?,15?,16?,17?,18?,19+,20+,21?,22?,23?,24?,25?,26+,27-,28-,29+/m0/s1. The van der Waals surface area contributed by atoms with Gasteiger partial charge in [0.2, 0.25) is 11.8 Å². The van der Waals surface area contributed by atoms with Crippen molar-refractivity contribution in [1.82, 2.24) is 10.6 Å². The number of amides is 2. The van der Waals surface area contributed by atoms with Gasteiger partial charge in [-0.15, -0.1) is 0 Å². The number of carbonyl (C=O) groups excluding carboxylic acids is 2. The van der Waals surface area contributed by atoms with Crippen LogP contribution in [0.15, 0.2) is 0 Å². The van der Waals surface area contributed by atoms with Crippen LogP contribution in [0.2, 0.25) is 0 Å². The van der Waals surface area contributed by atoms with Gasteiger partial charge < -0.3 is 94.9 Å². The SMILES string of the molecule is CC(=O)NC1C[C@H](O[C@@H]2OC(CO[C@H]3OC(CO)[C@@H](O)C(O)C3O)[C@@H](O)C(O)C2O)C(CO)O[C@H]1O[C@@H]1C(CO)O[C@@H](C)C(NC(C)=O)C1O. The Bertz CT molecular complexity index is 1110. The van der Waals surface area contributed by atoms with Gasteiger partial charge in [0.15, 0.2) is 18.9 Å². The van der Waals surface area contributed by atoms with Crippen LogP contribution in [0.1, 0.15) is 27.2 Å². The Balaban J connectivity index is 1.46. The molecule has 4 aliphatic rings. The van der Waals surface area contributed by atoms with Crippen LogP contribution in [0.3, 0.4) is 0 Å². The topological polar surface area (TPSA) is 325 Å². The van der Waals surface area contributed by atoms with Gasteiger partial charge in [0.1, 0.15) is 73.2 Å². The van der Waals surface area contributed by atoms with Crippen LogP contribution >= 0.6 is 0 Å². The minimum absolute atomic E-state index is 0.161. The van der Waals surface area contributed by atoms with E-state index in [0.717, 1.165) is 0 Å². The zero-order valence-corrected chi connectivity index (χ0v) is 27.7. The molecule has 2 amide bonds. The molecule has 4 rings (SSSR count). The number of rotatable bonds is 12. The van der Waals surface area contributed by atoms with Gasteiger partial charge in [0, 0.05) is 20.3 Å². The normalized spacial score (nSPS) is 47.0. The highest BCUT2D eigenvalue weighted by Gasteiger charge is 2.51. The molecule has 0 aliphatic carbocycles. The maximum Gasteiger partial charge on any atom is 0.217 e. The second-order valence-electron chi connectivity index (χ2n) is 12.9. The van der Waals surface area contributed by atoms with E-state index in [1.165, 1.54) is 13.8 Å². The molecular weight excluding hydrogens is 680 g/mol. The predicted molar refractivity (Wildman–Crippen MR) is 159 cm³/mol. The molecule has 21 nitrogen and oxygen atoms in total. The number of ether oxygens (including phenoxy) is 7. The third-order valence-electron chi connectivity index (χ3n) is 9.16. The second kappa shape index (κ2) is 17.9. The fourth-order valence-corrected chi connectivity index (χ4v) is 6.47. The number of carbonyl (C=O) groups is 2. The van der Waals surface area contributed by atoms with Gasteiger partial charge in [-0.2, -0.15) is 0 Å². The Labute approximate surface area is 286 Å². The molecule has 0 aromatic carbocycles. The molecule has 4 fully saturated rings. The fraction of sp³-hybridized carbons (Fsp3) is 0.931. The Morgan fingerprint density at radius 2 is 1.16 bits per heavy atom. The molecular formula is C29H50N2O19. The molecule has 0 bridgehead atoms. The molecule has 4 saturated heterocycles. The molecule has 0 saturated carbocycles. The highest BCUT2D eigenvalue weighted by Crippen LogP contribution is 2.33. The van der Waals surface area contributed by atoms with Crippen LogP contribution in [0.5, 0.6) is 0 Å². The summed E-state index contributed by atoms with van der Waals surface area (Å²) in [5.41, 5.74) is 0. The lowest BCUT2D eigenvalue weighted by Gasteiger charge is -2.48. The van der Waals surface area contributed by atoms with Gasteiger partial charge in [-0.25, -0.2) is 0 Å². The third kappa shape index (κ3) is 9.24. The van der Waals surface area contributed by atoms with Crippen molar-refractivity contribution in [3.05, 3.63) is 0 Å². The summed E-state index contributed by atoms with van der Waals surface area (Å²) in [5, 5.41) is 108. The van der Waals surface area contributed by atoms with E-state index >= 15 is 0 Å². The molecule has 21 heteroatoms. The van der Waals surface area contributed by atoms with Gasteiger partial charge in [-0.3, -0.25) is 9.59 Å². The van der Waals surface area contributed by atoms with E-state index in [9.17, 15) is 60.7 Å². The van der Waals surface area contributed by atoms with Crippen LogP contribution in [0.25, 0.3) is 0 Å². The minimum Gasteiger partial charge on any atom is -0.394 e. The van der Waals surface area contributed by atoms with Crippen LogP contribution in [-0.4, -0.2) is 206 Å². The van der Waals surface area contributed by atoms with E-state index in [4.69, 9.17) is 33.2 Å². The van der Waals surface area contributed by atoms with Crippen molar-refractivity contribution in [1.29, 1.82) is 0 Å². The summed E-state index contributed by atoms with van der Waals surface area (Å²) in [6, 6.07) is -1.97. The van der Waals surface area contributed by atoms with Crippen molar-refractivity contribution in [2.24, 2.45) is 0 Å². The molecule has 11 unspecified atom stereocenters. The van der Waals surface area contributed by atoms with E-state index in [1.54, 1.807) is 6.92 Å². The van der Waals surface area contributed by atoms with Gasteiger partial charge in [-0.1, -0.05) is 0 Å². The molecule has 50 heavy (non-hydrogen) atoms. The van der Waals surface area contributed by atoms with Crippen LogP contribution in [0, 0.1) is 0 Å². The number of aliphatic hydroxyl groups excluding tert-OH is 10. The van der Waals surface area contributed by atoms with Crippen molar-refractivity contribution >= 4 is 11.8 Å². The smallest absolute Gasteiger partial charge is 0.217 e. The highest BCUT2D eigenvalue weighted by atomic mass is 16.7. The number of aliphatic hydroxyl groups is 10. The molecule has 4 aliphatic heterocycles. The molecule has 12 N–H and O–H groups in total.